The van der Waals surface area contributed by atoms with Gasteiger partial charge in [-0.3, -0.25) is 14.9 Å². The summed E-state index contributed by atoms with van der Waals surface area (Å²) in [7, 11) is 0. The topological polar surface area (TPSA) is 119 Å². The summed E-state index contributed by atoms with van der Waals surface area (Å²) in [6.45, 7) is 1.70. The van der Waals surface area contributed by atoms with Crippen LogP contribution in [-0.4, -0.2) is 34.1 Å². The molecule has 2 rings (SSSR count). The molecule has 0 bridgehead atoms. The van der Waals surface area contributed by atoms with Gasteiger partial charge in [-0.25, -0.2) is 4.79 Å². The van der Waals surface area contributed by atoms with Gasteiger partial charge in [0.2, 0.25) is 5.91 Å². The molecule has 1 heterocycles. The van der Waals surface area contributed by atoms with Gasteiger partial charge in [0.25, 0.3) is 5.69 Å². The lowest BCUT2D eigenvalue weighted by Crippen LogP contribution is -2.37. The predicted octanol–water partition coefficient (Wildman–Crippen LogP) is 1.40. The summed E-state index contributed by atoms with van der Waals surface area (Å²) in [5, 5.41) is 22.3. The molecule has 0 saturated carbocycles. The Bertz CT molecular complexity index is 603. The molecule has 1 aliphatic heterocycles. The molecule has 8 nitrogen and oxygen atoms in total. The molecule has 0 aromatic heterocycles. The zero-order chi connectivity index (χ0) is 16.3. The number of amides is 1. The Morgan fingerprint density at radius 3 is 2.68 bits per heavy atom. The van der Waals surface area contributed by atoms with Crippen molar-refractivity contribution in [2.75, 3.05) is 0 Å². The third-order valence-electron chi connectivity index (χ3n) is 3.53. The lowest BCUT2D eigenvalue weighted by atomic mass is 10.1. The first-order valence-electron chi connectivity index (χ1n) is 6.81. The fourth-order valence-electron chi connectivity index (χ4n) is 2.31. The SMILES string of the molecule is CC(NC(=O)[C@@H]1CC[C@H](C(=O)O)O1)c1cccc([N+](=O)[O-])c1. The number of rotatable bonds is 5. The fourth-order valence-corrected chi connectivity index (χ4v) is 2.31. The van der Waals surface area contributed by atoms with E-state index in [4.69, 9.17) is 9.84 Å². The molecule has 8 heteroatoms. The van der Waals surface area contributed by atoms with Gasteiger partial charge in [0.15, 0.2) is 6.10 Å². The highest BCUT2D eigenvalue weighted by Crippen LogP contribution is 2.22. The zero-order valence-electron chi connectivity index (χ0n) is 11.9. The van der Waals surface area contributed by atoms with Crippen LogP contribution in [0.15, 0.2) is 24.3 Å². The maximum Gasteiger partial charge on any atom is 0.332 e. The zero-order valence-corrected chi connectivity index (χ0v) is 11.9. The van der Waals surface area contributed by atoms with Gasteiger partial charge < -0.3 is 15.2 Å². The number of aliphatic carboxylic acids is 1. The average molecular weight is 308 g/mol. The van der Waals surface area contributed by atoms with E-state index in [2.05, 4.69) is 5.32 Å². The number of nitro benzene ring substituents is 1. The first-order chi connectivity index (χ1) is 10.4. The fraction of sp³-hybridized carbons (Fsp3) is 0.429. The second kappa shape index (κ2) is 6.52. The summed E-state index contributed by atoms with van der Waals surface area (Å²) in [6.07, 6.45) is -1.13. The van der Waals surface area contributed by atoms with Crippen LogP contribution in [0, 0.1) is 10.1 Å². The van der Waals surface area contributed by atoms with Gasteiger partial charge >= 0.3 is 5.97 Å². The van der Waals surface area contributed by atoms with Crippen LogP contribution < -0.4 is 5.32 Å². The lowest BCUT2D eigenvalue weighted by molar-refractivity contribution is -0.384. The van der Waals surface area contributed by atoms with Crippen molar-refractivity contribution in [3.05, 3.63) is 39.9 Å². The second-order valence-electron chi connectivity index (χ2n) is 5.11. The molecule has 1 unspecified atom stereocenters. The summed E-state index contributed by atoms with van der Waals surface area (Å²) in [5.41, 5.74) is 0.539. The number of benzene rings is 1. The number of carboxylic acids is 1. The van der Waals surface area contributed by atoms with Gasteiger partial charge in [0.1, 0.15) is 6.10 Å². The van der Waals surface area contributed by atoms with E-state index in [-0.39, 0.29) is 5.69 Å². The van der Waals surface area contributed by atoms with E-state index in [9.17, 15) is 19.7 Å². The number of hydrogen-bond acceptors (Lipinski definition) is 5. The van der Waals surface area contributed by atoms with Crippen LogP contribution in [0.4, 0.5) is 5.69 Å². The van der Waals surface area contributed by atoms with Crippen molar-refractivity contribution in [2.24, 2.45) is 0 Å². The van der Waals surface area contributed by atoms with Crippen LogP contribution in [0.2, 0.25) is 0 Å². The number of nitrogens with one attached hydrogen (secondary N) is 1. The van der Waals surface area contributed by atoms with Crippen molar-refractivity contribution in [2.45, 2.75) is 38.0 Å². The highest BCUT2D eigenvalue weighted by Gasteiger charge is 2.35. The molecular formula is C14H16N2O6. The van der Waals surface area contributed by atoms with E-state index in [1.54, 1.807) is 19.1 Å². The molecule has 0 aliphatic carbocycles. The van der Waals surface area contributed by atoms with Gasteiger partial charge in [0, 0.05) is 12.1 Å². The molecule has 2 N–H and O–H groups in total. The minimum Gasteiger partial charge on any atom is -0.479 e. The van der Waals surface area contributed by atoms with E-state index < -0.39 is 35.0 Å². The monoisotopic (exact) mass is 308 g/mol. The largest absolute Gasteiger partial charge is 0.479 e. The molecule has 22 heavy (non-hydrogen) atoms. The van der Waals surface area contributed by atoms with Gasteiger partial charge in [-0.1, -0.05) is 12.1 Å². The number of carbonyl (C=O) groups excluding carboxylic acids is 1. The average Bonchev–Trinajstić information content (AvgIpc) is 2.97. The Labute approximate surface area is 126 Å². The molecule has 118 valence electrons. The highest BCUT2D eigenvalue weighted by atomic mass is 16.6. The van der Waals surface area contributed by atoms with Crippen LogP contribution in [0.25, 0.3) is 0 Å². The Hall–Kier alpha value is -2.48. The standard InChI is InChI=1S/C14H16N2O6/c1-8(9-3-2-4-10(7-9)16(20)21)15-13(17)11-5-6-12(22-11)14(18)19/h2-4,7-8,11-12H,5-6H2,1H3,(H,15,17)(H,18,19)/t8?,11-,12+/m0/s1. The molecule has 1 amide bonds. The molecule has 1 fully saturated rings. The van der Waals surface area contributed by atoms with Crippen molar-refractivity contribution >= 4 is 17.6 Å². The first-order valence-corrected chi connectivity index (χ1v) is 6.81. The summed E-state index contributed by atoms with van der Waals surface area (Å²) in [6, 6.07) is 5.53. The van der Waals surface area contributed by atoms with Crippen LogP contribution in [-0.2, 0) is 14.3 Å². The second-order valence-corrected chi connectivity index (χ2v) is 5.11. The number of nitro groups is 1. The number of nitrogens with zero attached hydrogens (tertiary/aromatic N) is 1. The van der Waals surface area contributed by atoms with Crippen molar-refractivity contribution in [1.29, 1.82) is 0 Å². The van der Waals surface area contributed by atoms with Crippen LogP contribution >= 0.6 is 0 Å². The van der Waals surface area contributed by atoms with Crippen molar-refractivity contribution in [3.63, 3.8) is 0 Å². The Kier molecular flexibility index (Phi) is 4.71. The minimum absolute atomic E-state index is 0.0540. The summed E-state index contributed by atoms with van der Waals surface area (Å²) in [5.74, 6) is -1.50. The van der Waals surface area contributed by atoms with Crippen molar-refractivity contribution in [1.82, 2.24) is 5.32 Å². The normalized spacial score (nSPS) is 22.0. The van der Waals surface area contributed by atoms with Gasteiger partial charge in [-0.2, -0.15) is 0 Å². The van der Waals surface area contributed by atoms with Crippen LogP contribution in [0.3, 0.4) is 0 Å². The summed E-state index contributed by atoms with van der Waals surface area (Å²) in [4.78, 5) is 33.1. The van der Waals surface area contributed by atoms with Crippen molar-refractivity contribution in [3.8, 4) is 0 Å². The molecule has 0 spiro atoms. The van der Waals surface area contributed by atoms with Crippen molar-refractivity contribution < 1.29 is 24.4 Å². The van der Waals surface area contributed by atoms with E-state index in [0.717, 1.165) is 0 Å². The first kappa shape index (κ1) is 15.9. The number of hydrogen-bond donors (Lipinski definition) is 2. The van der Waals surface area contributed by atoms with Crippen LogP contribution in [0.5, 0.6) is 0 Å². The molecule has 1 aliphatic rings. The number of carboxylic acid groups (broad SMARTS) is 1. The molecule has 1 aromatic carbocycles. The van der Waals surface area contributed by atoms with Crippen LogP contribution in [0.1, 0.15) is 31.4 Å². The summed E-state index contributed by atoms with van der Waals surface area (Å²) < 4.78 is 5.16. The Morgan fingerprint density at radius 2 is 2.09 bits per heavy atom. The number of carbonyl (C=O) groups is 2. The third-order valence-corrected chi connectivity index (χ3v) is 3.53. The number of non-ortho nitro benzene ring substituents is 1. The Balaban J connectivity index is 1.98. The van der Waals surface area contributed by atoms with E-state index in [0.29, 0.717) is 18.4 Å². The van der Waals surface area contributed by atoms with Gasteiger partial charge in [-0.05, 0) is 25.3 Å². The molecular weight excluding hydrogens is 292 g/mol. The lowest BCUT2D eigenvalue weighted by Gasteiger charge is -2.17. The smallest absolute Gasteiger partial charge is 0.332 e. The third kappa shape index (κ3) is 3.59. The molecule has 1 aromatic rings. The van der Waals surface area contributed by atoms with E-state index in [1.807, 2.05) is 0 Å². The van der Waals surface area contributed by atoms with Gasteiger partial charge in [0.05, 0.1) is 11.0 Å². The molecule has 1 saturated heterocycles. The predicted molar refractivity (Wildman–Crippen MR) is 75.2 cm³/mol. The summed E-state index contributed by atoms with van der Waals surface area (Å²) >= 11 is 0. The molecule has 3 atom stereocenters. The molecule has 0 radical (unpaired) electrons. The van der Waals surface area contributed by atoms with E-state index >= 15 is 0 Å². The maximum atomic E-state index is 12.1. The minimum atomic E-state index is -1.08. The van der Waals surface area contributed by atoms with Gasteiger partial charge in [-0.15, -0.1) is 0 Å². The highest BCUT2D eigenvalue weighted by molar-refractivity contribution is 5.83. The Morgan fingerprint density at radius 1 is 1.41 bits per heavy atom. The number of ether oxygens (including phenoxy) is 1. The van der Waals surface area contributed by atoms with E-state index in [1.165, 1.54) is 12.1 Å². The quantitative estimate of drug-likeness (QED) is 0.627. The maximum absolute atomic E-state index is 12.1.